The molecule has 0 spiro atoms. The molecule has 92 valence electrons. The summed E-state index contributed by atoms with van der Waals surface area (Å²) in [6, 6.07) is 1.85. The van der Waals surface area contributed by atoms with Crippen molar-refractivity contribution in [3.05, 3.63) is 24.0 Å². The van der Waals surface area contributed by atoms with E-state index in [1.165, 1.54) is 0 Å². The topological polar surface area (TPSA) is 58.4 Å². The number of nitrogens with zero attached hydrogens (tertiary/aromatic N) is 3. The molecule has 2 rings (SSSR count). The molecular weight excluding hydrogens is 218 g/mol. The number of aryl methyl sites for hydroxylation is 1. The van der Waals surface area contributed by atoms with Crippen LogP contribution in [0.4, 0.5) is 0 Å². The Kier molecular flexibility index (Phi) is 3.58. The lowest BCUT2D eigenvalue weighted by atomic mass is 10.1. The van der Waals surface area contributed by atoms with Gasteiger partial charge in [0.25, 0.3) is 0 Å². The van der Waals surface area contributed by atoms with Crippen molar-refractivity contribution in [3.8, 4) is 0 Å². The highest BCUT2D eigenvalue weighted by molar-refractivity contribution is 5.91. The molecule has 1 saturated heterocycles. The fraction of sp³-hybridized carbons (Fsp3) is 0.500. The molecule has 0 bridgehead atoms. The van der Waals surface area contributed by atoms with Crippen LogP contribution < -0.4 is 0 Å². The molecule has 0 aliphatic carbocycles. The number of carbonyl (C=O) groups excluding carboxylic acids is 1. The highest BCUT2D eigenvalue weighted by Gasteiger charge is 2.24. The van der Waals surface area contributed by atoms with Gasteiger partial charge >= 0.3 is 0 Å². The molecule has 1 atom stereocenters. The Morgan fingerprint density at radius 3 is 3.12 bits per heavy atom. The fourth-order valence-electron chi connectivity index (χ4n) is 1.99. The minimum Gasteiger partial charge on any atom is -0.396 e. The standard InChI is InChI=1S/C12H17N3O2/c1-14-11(4-6-13-14)2-3-12(17)15-7-5-10(8-15)9-16/h2-4,6,10,16H,5,7-9H2,1H3. The summed E-state index contributed by atoms with van der Waals surface area (Å²) in [6.07, 6.45) is 5.92. The normalized spacial score (nSPS) is 20.4. The number of aliphatic hydroxyl groups is 1. The number of amides is 1. The largest absolute Gasteiger partial charge is 0.396 e. The molecule has 1 fully saturated rings. The zero-order chi connectivity index (χ0) is 12.3. The fourth-order valence-corrected chi connectivity index (χ4v) is 1.99. The molecule has 1 amide bonds. The van der Waals surface area contributed by atoms with Crippen LogP contribution in [0.1, 0.15) is 12.1 Å². The lowest BCUT2D eigenvalue weighted by molar-refractivity contribution is -0.125. The van der Waals surface area contributed by atoms with Crippen LogP contribution in [0, 0.1) is 5.92 Å². The summed E-state index contributed by atoms with van der Waals surface area (Å²) < 4.78 is 1.71. The van der Waals surface area contributed by atoms with Gasteiger partial charge in [-0.25, -0.2) is 0 Å². The molecule has 1 aromatic rings. The first kappa shape index (κ1) is 11.9. The van der Waals surface area contributed by atoms with E-state index in [-0.39, 0.29) is 18.4 Å². The van der Waals surface area contributed by atoms with Gasteiger partial charge in [0.15, 0.2) is 0 Å². The average molecular weight is 235 g/mol. The third-order valence-corrected chi connectivity index (χ3v) is 3.11. The predicted octanol–water partition coefficient (Wildman–Crippen LogP) is 0.274. The maximum atomic E-state index is 11.8. The molecule has 1 unspecified atom stereocenters. The van der Waals surface area contributed by atoms with Gasteiger partial charge in [-0.1, -0.05) is 0 Å². The Bertz CT molecular complexity index is 425. The molecule has 2 heterocycles. The van der Waals surface area contributed by atoms with Crippen LogP contribution in [-0.2, 0) is 11.8 Å². The summed E-state index contributed by atoms with van der Waals surface area (Å²) in [4.78, 5) is 13.6. The predicted molar refractivity (Wildman–Crippen MR) is 64.0 cm³/mol. The monoisotopic (exact) mass is 235 g/mol. The summed E-state index contributed by atoms with van der Waals surface area (Å²) in [6.45, 7) is 1.56. The number of rotatable bonds is 3. The van der Waals surface area contributed by atoms with Crippen LogP contribution in [0.2, 0.25) is 0 Å². The summed E-state index contributed by atoms with van der Waals surface area (Å²) >= 11 is 0. The van der Waals surface area contributed by atoms with Crippen LogP contribution in [0.3, 0.4) is 0 Å². The van der Waals surface area contributed by atoms with Crippen molar-refractivity contribution in [1.29, 1.82) is 0 Å². The molecule has 5 heteroatoms. The quantitative estimate of drug-likeness (QED) is 0.765. The van der Waals surface area contributed by atoms with Crippen molar-refractivity contribution >= 4 is 12.0 Å². The van der Waals surface area contributed by atoms with E-state index in [9.17, 15) is 4.79 Å². The lowest BCUT2D eigenvalue weighted by Gasteiger charge is -2.13. The second-order valence-corrected chi connectivity index (χ2v) is 4.33. The molecule has 0 aromatic carbocycles. The van der Waals surface area contributed by atoms with Crippen molar-refractivity contribution in [3.63, 3.8) is 0 Å². The molecule has 0 saturated carbocycles. The van der Waals surface area contributed by atoms with Crippen LogP contribution in [0.25, 0.3) is 6.08 Å². The van der Waals surface area contributed by atoms with E-state index in [0.29, 0.717) is 6.54 Å². The Balaban J connectivity index is 1.94. The first-order valence-corrected chi connectivity index (χ1v) is 5.76. The van der Waals surface area contributed by atoms with Gasteiger partial charge in [0.2, 0.25) is 5.91 Å². The third-order valence-electron chi connectivity index (χ3n) is 3.11. The minimum absolute atomic E-state index is 0.00199. The van der Waals surface area contributed by atoms with Crippen LogP contribution >= 0.6 is 0 Å². The molecule has 1 aliphatic heterocycles. The highest BCUT2D eigenvalue weighted by atomic mass is 16.3. The molecule has 1 aliphatic rings. The van der Waals surface area contributed by atoms with Crippen molar-refractivity contribution < 1.29 is 9.90 Å². The Hall–Kier alpha value is -1.62. The maximum absolute atomic E-state index is 11.8. The Labute approximate surface area is 100 Å². The molecule has 1 aromatic heterocycles. The summed E-state index contributed by atoms with van der Waals surface area (Å²) in [5.74, 6) is 0.242. The van der Waals surface area contributed by atoms with Gasteiger partial charge in [-0.05, 0) is 18.6 Å². The minimum atomic E-state index is 0.00199. The van der Waals surface area contributed by atoms with Crippen molar-refractivity contribution in [2.45, 2.75) is 6.42 Å². The molecule has 5 nitrogen and oxygen atoms in total. The van der Waals surface area contributed by atoms with Crippen LogP contribution in [-0.4, -0.2) is 45.4 Å². The number of hydrogen-bond donors (Lipinski definition) is 1. The Morgan fingerprint density at radius 1 is 1.71 bits per heavy atom. The number of likely N-dealkylation sites (tertiary alicyclic amines) is 1. The highest BCUT2D eigenvalue weighted by Crippen LogP contribution is 2.15. The second-order valence-electron chi connectivity index (χ2n) is 4.33. The number of aromatic nitrogens is 2. The van der Waals surface area contributed by atoms with E-state index in [1.807, 2.05) is 13.1 Å². The smallest absolute Gasteiger partial charge is 0.246 e. The van der Waals surface area contributed by atoms with E-state index < -0.39 is 0 Å². The van der Waals surface area contributed by atoms with Gasteiger partial charge in [0.1, 0.15) is 0 Å². The van der Waals surface area contributed by atoms with E-state index in [0.717, 1.165) is 18.7 Å². The van der Waals surface area contributed by atoms with Crippen LogP contribution in [0.15, 0.2) is 18.3 Å². The molecular formula is C12H17N3O2. The maximum Gasteiger partial charge on any atom is 0.246 e. The van der Waals surface area contributed by atoms with Crippen molar-refractivity contribution in [1.82, 2.24) is 14.7 Å². The first-order valence-electron chi connectivity index (χ1n) is 5.76. The van der Waals surface area contributed by atoms with E-state index >= 15 is 0 Å². The second kappa shape index (κ2) is 5.14. The van der Waals surface area contributed by atoms with Crippen molar-refractivity contribution in [2.75, 3.05) is 19.7 Å². The van der Waals surface area contributed by atoms with E-state index in [1.54, 1.807) is 27.9 Å². The average Bonchev–Trinajstić information content (AvgIpc) is 2.94. The first-order chi connectivity index (χ1) is 8.20. The van der Waals surface area contributed by atoms with Gasteiger partial charge < -0.3 is 10.0 Å². The van der Waals surface area contributed by atoms with Gasteiger partial charge in [-0.3, -0.25) is 9.48 Å². The zero-order valence-electron chi connectivity index (χ0n) is 9.91. The van der Waals surface area contributed by atoms with Gasteiger partial charge in [0, 0.05) is 44.9 Å². The third kappa shape index (κ3) is 2.74. The molecule has 1 N–H and O–H groups in total. The van der Waals surface area contributed by atoms with Gasteiger partial charge in [0.05, 0.1) is 5.69 Å². The van der Waals surface area contributed by atoms with Crippen LogP contribution in [0.5, 0.6) is 0 Å². The SMILES string of the molecule is Cn1nccc1C=CC(=O)N1CCC(CO)C1. The number of hydrogen-bond acceptors (Lipinski definition) is 3. The van der Waals surface area contributed by atoms with E-state index in [4.69, 9.17) is 5.11 Å². The van der Waals surface area contributed by atoms with E-state index in [2.05, 4.69) is 5.10 Å². The summed E-state index contributed by atoms with van der Waals surface area (Å²) in [5, 5.41) is 13.0. The molecule has 17 heavy (non-hydrogen) atoms. The number of carbonyl (C=O) groups is 1. The van der Waals surface area contributed by atoms with Gasteiger partial charge in [-0.15, -0.1) is 0 Å². The lowest BCUT2D eigenvalue weighted by Crippen LogP contribution is -2.27. The summed E-state index contributed by atoms with van der Waals surface area (Å²) in [5.41, 5.74) is 0.899. The Morgan fingerprint density at radius 2 is 2.53 bits per heavy atom. The molecule has 0 radical (unpaired) electrons. The van der Waals surface area contributed by atoms with Gasteiger partial charge in [-0.2, -0.15) is 5.10 Å². The summed E-state index contributed by atoms with van der Waals surface area (Å²) in [7, 11) is 1.84. The number of aliphatic hydroxyl groups excluding tert-OH is 1. The van der Waals surface area contributed by atoms with Crippen molar-refractivity contribution in [2.24, 2.45) is 13.0 Å². The zero-order valence-corrected chi connectivity index (χ0v) is 9.91.